The molecule has 9 heteroatoms. The van der Waals surface area contributed by atoms with Gasteiger partial charge in [-0.1, -0.05) is 0 Å². The molecule has 0 saturated heterocycles. The van der Waals surface area contributed by atoms with E-state index < -0.39 is 5.97 Å². The second kappa shape index (κ2) is 10.6. The molecule has 1 amide bonds. The molecule has 2 aromatic rings. The lowest BCUT2D eigenvalue weighted by molar-refractivity contribution is -0.144. The summed E-state index contributed by atoms with van der Waals surface area (Å²) < 4.78 is 9.72. The number of nitrogens with zero attached hydrogens (tertiary/aromatic N) is 2. The third kappa shape index (κ3) is 6.67. The van der Waals surface area contributed by atoms with Gasteiger partial charge in [0, 0.05) is 18.2 Å². The van der Waals surface area contributed by atoms with Crippen LogP contribution in [0, 0.1) is 0 Å². The van der Waals surface area contributed by atoms with Crippen molar-refractivity contribution in [3.05, 3.63) is 42.2 Å². The minimum atomic E-state index is -0.422. The molecule has 148 valence electrons. The van der Waals surface area contributed by atoms with E-state index in [0.717, 1.165) is 0 Å². The first-order valence-electron chi connectivity index (χ1n) is 8.83. The Morgan fingerprint density at radius 3 is 2.29 bits per heavy atom. The molecule has 1 aromatic carbocycles. The van der Waals surface area contributed by atoms with Crippen molar-refractivity contribution in [2.45, 2.75) is 26.7 Å². The average Bonchev–Trinajstić information content (AvgIpc) is 2.68. The minimum Gasteiger partial charge on any atom is -0.466 e. The van der Waals surface area contributed by atoms with Crippen molar-refractivity contribution < 1.29 is 23.9 Å². The van der Waals surface area contributed by atoms with Crippen LogP contribution in [0.25, 0.3) is 0 Å². The van der Waals surface area contributed by atoms with Crippen molar-refractivity contribution in [3.8, 4) is 0 Å². The van der Waals surface area contributed by atoms with Crippen LogP contribution in [0.2, 0.25) is 0 Å². The van der Waals surface area contributed by atoms with Crippen LogP contribution in [0.1, 0.15) is 37.0 Å². The fourth-order valence-electron chi connectivity index (χ4n) is 2.20. The van der Waals surface area contributed by atoms with E-state index in [1.54, 1.807) is 44.2 Å². The molecule has 0 spiro atoms. The third-order valence-corrected chi connectivity index (χ3v) is 3.46. The van der Waals surface area contributed by atoms with Crippen LogP contribution in [0.15, 0.2) is 36.7 Å². The highest BCUT2D eigenvalue weighted by Gasteiger charge is 2.10. The van der Waals surface area contributed by atoms with Crippen molar-refractivity contribution in [3.63, 3.8) is 0 Å². The summed E-state index contributed by atoms with van der Waals surface area (Å²) in [7, 11) is 0. The minimum absolute atomic E-state index is 0.000913. The lowest BCUT2D eigenvalue weighted by Crippen LogP contribution is -2.15. The number of nitrogens with one attached hydrogen (secondary N) is 2. The monoisotopic (exact) mass is 386 g/mol. The van der Waals surface area contributed by atoms with Crippen LogP contribution in [0.3, 0.4) is 0 Å². The molecule has 2 rings (SSSR count). The SMILES string of the molecule is CCOC(=O)CCC(=O)Nc1cc(Nc2ccc(C(=O)OCC)cc2)ncn1. The van der Waals surface area contributed by atoms with Gasteiger partial charge in [-0.3, -0.25) is 9.59 Å². The number of ether oxygens (including phenoxy) is 2. The van der Waals surface area contributed by atoms with E-state index in [9.17, 15) is 14.4 Å². The zero-order chi connectivity index (χ0) is 20.4. The lowest BCUT2D eigenvalue weighted by Gasteiger charge is -2.09. The van der Waals surface area contributed by atoms with Gasteiger partial charge in [0.05, 0.1) is 25.2 Å². The molecule has 0 saturated carbocycles. The summed E-state index contributed by atoms with van der Waals surface area (Å²) in [6.07, 6.45) is 1.31. The Morgan fingerprint density at radius 2 is 1.61 bits per heavy atom. The Hall–Kier alpha value is -3.49. The first kappa shape index (κ1) is 20.8. The zero-order valence-electron chi connectivity index (χ0n) is 15.7. The van der Waals surface area contributed by atoms with E-state index in [0.29, 0.717) is 29.5 Å². The predicted molar refractivity (Wildman–Crippen MR) is 102 cm³/mol. The van der Waals surface area contributed by atoms with E-state index in [2.05, 4.69) is 20.6 Å². The summed E-state index contributed by atoms with van der Waals surface area (Å²) in [6, 6.07) is 8.26. The lowest BCUT2D eigenvalue weighted by atomic mass is 10.2. The molecule has 0 fully saturated rings. The average molecular weight is 386 g/mol. The Morgan fingerprint density at radius 1 is 0.929 bits per heavy atom. The van der Waals surface area contributed by atoms with Crippen LogP contribution < -0.4 is 10.6 Å². The van der Waals surface area contributed by atoms with Crippen LogP contribution in [-0.2, 0) is 19.1 Å². The highest BCUT2D eigenvalue weighted by Crippen LogP contribution is 2.17. The molecular weight excluding hydrogens is 364 g/mol. The molecule has 0 radical (unpaired) electrons. The molecule has 0 aliphatic carbocycles. The smallest absolute Gasteiger partial charge is 0.338 e. The zero-order valence-corrected chi connectivity index (χ0v) is 15.7. The number of anilines is 3. The molecule has 0 atom stereocenters. The second-order valence-corrected chi connectivity index (χ2v) is 5.56. The predicted octanol–water partition coefficient (Wildman–Crippen LogP) is 2.68. The number of carbonyl (C=O) groups excluding carboxylic acids is 3. The Bertz CT molecular complexity index is 823. The summed E-state index contributed by atoms with van der Waals surface area (Å²) >= 11 is 0. The highest BCUT2D eigenvalue weighted by atomic mass is 16.5. The van der Waals surface area contributed by atoms with Crippen molar-refractivity contribution in [2.24, 2.45) is 0 Å². The summed E-state index contributed by atoms with van der Waals surface area (Å²) in [6.45, 7) is 4.05. The van der Waals surface area contributed by atoms with Gasteiger partial charge >= 0.3 is 11.9 Å². The van der Waals surface area contributed by atoms with Gasteiger partial charge in [0.15, 0.2) is 0 Å². The maximum Gasteiger partial charge on any atom is 0.338 e. The van der Waals surface area contributed by atoms with Gasteiger partial charge in [0.25, 0.3) is 0 Å². The second-order valence-electron chi connectivity index (χ2n) is 5.56. The largest absolute Gasteiger partial charge is 0.466 e. The number of esters is 2. The maximum absolute atomic E-state index is 11.9. The number of hydrogen-bond acceptors (Lipinski definition) is 8. The normalized spacial score (nSPS) is 10.1. The first-order chi connectivity index (χ1) is 13.5. The molecular formula is C19H22N4O5. The Kier molecular flexibility index (Phi) is 7.89. The summed E-state index contributed by atoms with van der Waals surface area (Å²) in [5, 5.41) is 5.66. The molecule has 0 aliphatic heterocycles. The molecule has 2 N–H and O–H groups in total. The third-order valence-electron chi connectivity index (χ3n) is 3.46. The molecule has 28 heavy (non-hydrogen) atoms. The number of amides is 1. The molecule has 0 unspecified atom stereocenters. The molecule has 1 heterocycles. The highest BCUT2D eigenvalue weighted by molar-refractivity contribution is 5.92. The van der Waals surface area contributed by atoms with E-state index in [-0.39, 0.29) is 31.3 Å². The molecule has 9 nitrogen and oxygen atoms in total. The van der Waals surface area contributed by atoms with Gasteiger partial charge in [-0.25, -0.2) is 14.8 Å². The fraction of sp³-hybridized carbons (Fsp3) is 0.316. The number of carbonyl (C=O) groups is 3. The van der Waals surface area contributed by atoms with Gasteiger partial charge in [0.1, 0.15) is 18.0 Å². The standard InChI is InChI=1S/C19H22N4O5/c1-3-27-18(25)10-9-17(24)23-16-11-15(20-12-21-16)22-14-7-5-13(6-8-14)19(26)28-4-2/h5-8,11-12H,3-4,9-10H2,1-2H3,(H2,20,21,22,23,24). The van der Waals surface area contributed by atoms with Crippen molar-refractivity contribution >= 4 is 35.2 Å². The number of benzene rings is 1. The van der Waals surface area contributed by atoms with E-state index in [1.165, 1.54) is 6.33 Å². The van der Waals surface area contributed by atoms with Gasteiger partial charge in [0.2, 0.25) is 5.91 Å². The van der Waals surface area contributed by atoms with Crippen LogP contribution in [0.5, 0.6) is 0 Å². The van der Waals surface area contributed by atoms with Crippen LogP contribution >= 0.6 is 0 Å². The van der Waals surface area contributed by atoms with E-state index in [4.69, 9.17) is 9.47 Å². The fourth-order valence-corrected chi connectivity index (χ4v) is 2.20. The van der Waals surface area contributed by atoms with Gasteiger partial charge in [-0.2, -0.15) is 0 Å². The van der Waals surface area contributed by atoms with Crippen LogP contribution in [0.4, 0.5) is 17.3 Å². The quantitative estimate of drug-likeness (QED) is 0.631. The van der Waals surface area contributed by atoms with Crippen molar-refractivity contribution in [2.75, 3.05) is 23.8 Å². The first-order valence-corrected chi connectivity index (χ1v) is 8.83. The van der Waals surface area contributed by atoms with Crippen molar-refractivity contribution in [1.82, 2.24) is 9.97 Å². The maximum atomic E-state index is 11.9. The van der Waals surface area contributed by atoms with E-state index >= 15 is 0 Å². The topological polar surface area (TPSA) is 120 Å². The van der Waals surface area contributed by atoms with Crippen LogP contribution in [-0.4, -0.2) is 41.0 Å². The molecule has 0 bridgehead atoms. The Balaban J connectivity index is 1.93. The molecule has 1 aromatic heterocycles. The number of rotatable bonds is 9. The van der Waals surface area contributed by atoms with Gasteiger partial charge < -0.3 is 20.1 Å². The van der Waals surface area contributed by atoms with Crippen molar-refractivity contribution in [1.29, 1.82) is 0 Å². The van der Waals surface area contributed by atoms with Gasteiger partial charge in [-0.05, 0) is 38.1 Å². The summed E-state index contributed by atoms with van der Waals surface area (Å²) in [5.41, 5.74) is 1.15. The van der Waals surface area contributed by atoms with Gasteiger partial charge in [-0.15, -0.1) is 0 Å². The molecule has 0 aliphatic rings. The summed E-state index contributed by atoms with van der Waals surface area (Å²) in [4.78, 5) is 42.9. The summed E-state index contributed by atoms with van der Waals surface area (Å²) in [5.74, 6) is -0.400. The number of hydrogen-bond donors (Lipinski definition) is 2. The number of aromatic nitrogens is 2. The van der Waals surface area contributed by atoms with E-state index in [1.807, 2.05) is 0 Å². The Labute approximate surface area is 162 Å².